The van der Waals surface area contributed by atoms with E-state index in [2.05, 4.69) is 15.6 Å². The van der Waals surface area contributed by atoms with Gasteiger partial charge < -0.3 is 10.6 Å². The number of hydrogen-bond donors (Lipinski definition) is 2. The molecule has 0 amide bonds. The third-order valence-corrected chi connectivity index (χ3v) is 6.74. The minimum absolute atomic E-state index is 0. The summed E-state index contributed by atoms with van der Waals surface area (Å²) in [5.74, 6) is 2.15. The summed E-state index contributed by atoms with van der Waals surface area (Å²) in [5.41, 5.74) is 0. The van der Waals surface area contributed by atoms with Crippen LogP contribution in [-0.2, 0) is 9.84 Å². The lowest BCUT2D eigenvalue weighted by Crippen LogP contribution is -2.40. The molecule has 2 rings (SSSR count). The predicted octanol–water partition coefficient (Wildman–Crippen LogP) is 2.53. The van der Waals surface area contributed by atoms with Gasteiger partial charge in [0.2, 0.25) is 0 Å². The highest BCUT2D eigenvalue weighted by molar-refractivity contribution is 14.0. The maximum absolute atomic E-state index is 12.8. The van der Waals surface area contributed by atoms with E-state index in [4.69, 9.17) is 0 Å². The van der Waals surface area contributed by atoms with Crippen molar-refractivity contribution in [3.63, 3.8) is 0 Å². The molecule has 5 nitrogen and oxygen atoms in total. The smallest absolute Gasteiger partial charge is 0.190 e. The molecule has 0 saturated carbocycles. The number of benzene rings is 1. The second-order valence-electron chi connectivity index (χ2n) is 5.80. The summed E-state index contributed by atoms with van der Waals surface area (Å²) in [6.07, 6.45) is 1.67. The maximum atomic E-state index is 12.8. The number of aliphatic imine (C=N–C) groups is 1. The molecule has 9 heteroatoms. The van der Waals surface area contributed by atoms with Crippen LogP contribution in [0.3, 0.4) is 0 Å². The summed E-state index contributed by atoms with van der Waals surface area (Å²) >= 11 is 1.69. The zero-order valence-corrected chi connectivity index (χ0v) is 18.2. The summed E-state index contributed by atoms with van der Waals surface area (Å²) in [6.45, 7) is 1.40. The Bertz CT molecular complexity index is 654. The van der Waals surface area contributed by atoms with Gasteiger partial charge in [-0.3, -0.25) is 4.99 Å². The highest BCUT2D eigenvalue weighted by Gasteiger charge is 2.27. The number of rotatable bonds is 7. The topological polar surface area (TPSA) is 70.6 Å². The Balaban J connectivity index is 0.00000312. The molecule has 1 heterocycles. The maximum Gasteiger partial charge on any atom is 0.190 e. The van der Waals surface area contributed by atoms with Gasteiger partial charge in [-0.15, -0.1) is 35.7 Å². The third-order valence-electron chi connectivity index (χ3n) is 3.80. The second-order valence-corrected chi connectivity index (χ2v) is 9.20. The molecule has 142 valence electrons. The molecule has 1 aromatic carbocycles. The van der Waals surface area contributed by atoms with E-state index < -0.39 is 9.84 Å². The molecule has 0 radical (unpaired) electrons. The first-order valence-electron chi connectivity index (χ1n) is 8.02. The fraction of sp³-hybridized carbons (Fsp3) is 0.562. The van der Waals surface area contributed by atoms with Crippen LogP contribution in [0.25, 0.3) is 0 Å². The van der Waals surface area contributed by atoms with Crippen molar-refractivity contribution in [1.29, 1.82) is 0 Å². The van der Waals surface area contributed by atoms with E-state index in [1.165, 1.54) is 12.1 Å². The summed E-state index contributed by atoms with van der Waals surface area (Å²) in [5, 5.41) is 6.42. The minimum Gasteiger partial charge on any atom is -0.356 e. The van der Waals surface area contributed by atoms with Crippen LogP contribution >= 0.6 is 35.7 Å². The van der Waals surface area contributed by atoms with E-state index in [9.17, 15) is 12.8 Å². The molecule has 1 saturated heterocycles. The van der Waals surface area contributed by atoms with Gasteiger partial charge in [-0.05, 0) is 48.8 Å². The van der Waals surface area contributed by atoms with E-state index in [-0.39, 0.29) is 41.5 Å². The quantitative estimate of drug-likeness (QED) is 0.198. The molecule has 1 aliphatic heterocycles. The molecule has 0 aromatic heterocycles. The van der Waals surface area contributed by atoms with Crippen LogP contribution in [0.1, 0.15) is 12.8 Å². The predicted molar refractivity (Wildman–Crippen MR) is 113 cm³/mol. The number of nitrogens with zero attached hydrogens (tertiary/aromatic N) is 1. The number of halogens is 2. The van der Waals surface area contributed by atoms with Crippen molar-refractivity contribution in [1.82, 2.24) is 10.6 Å². The Hall–Kier alpha value is -0.550. The molecule has 1 atom stereocenters. The minimum atomic E-state index is -2.83. The van der Waals surface area contributed by atoms with Crippen LogP contribution in [0.4, 0.5) is 4.39 Å². The Kier molecular flexibility index (Phi) is 10.1. The normalized spacial score (nSPS) is 19.3. The van der Waals surface area contributed by atoms with E-state index in [0.29, 0.717) is 18.3 Å². The van der Waals surface area contributed by atoms with Crippen molar-refractivity contribution in [2.24, 2.45) is 10.9 Å². The second kappa shape index (κ2) is 11.2. The van der Waals surface area contributed by atoms with Gasteiger partial charge in [0.15, 0.2) is 15.8 Å². The highest BCUT2D eigenvalue weighted by atomic mass is 127. The molecule has 2 N–H and O–H groups in total. The van der Waals surface area contributed by atoms with Crippen molar-refractivity contribution in [3.05, 3.63) is 30.1 Å². The van der Waals surface area contributed by atoms with Crippen LogP contribution in [0.15, 0.2) is 34.2 Å². The summed E-state index contributed by atoms with van der Waals surface area (Å²) < 4.78 is 35.7. The van der Waals surface area contributed by atoms with Gasteiger partial charge >= 0.3 is 0 Å². The number of thioether (sulfide) groups is 1. The molecule has 1 fully saturated rings. The first-order chi connectivity index (χ1) is 11.5. The van der Waals surface area contributed by atoms with Crippen LogP contribution in [0.5, 0.6) is 0 Å². The molecule has 25 heavy (non-hydrogen) atoms. The molecular weight excluding hydrogens is 476 g/mol. The highest BCUT2D eigenvalue weighted by Crippen LogP contribution is 2.18. The molecule has 0 aliphatic carbocycles. The van der Waals surface area contributed by atoms with Gasteiger partial charge in [-0.1, -0.05) is 0 Å². The van der Waals surface area contributed by atoms with E-state index in [1.54, 1.807) is 30.9 Å². The molecular formula is C16H25FIN3O2S2. The number of sulfone groups is 1. The lowest BCUT2D eigenvalue weighted by molar-refractivity contribution is 0.567. The summed E-state index contributed by atoms with van der Waals surface area (Å²) in [7, 11) is -1.13. The van der Waals surface area contributed by atoms with Crippen molar-refractivity contribution in [3.8, 4) is 0 Å². The van der Waals surface area contributed by atoms with E-state index in [1.807, 2.05) is 0 Å². The van der Waals surface area contributed by atoms with Gasteiger partial charge in [-0.25, -0.2) is 12.8 Å². The van der Waals surface area contributed by atoms with Crippen LogP contribution in [-0.4, -0.2) is 51.8 Å². The van der Waals surface area contributed by atoms with Gasteiger partial charge in [-0.2, -0.15) is 0 Å². The fourth-order valence-corrected chi connectivity index (χ4v) is 5.21. The van der Waals surface area contributed by atoms with Gasteiger partial charge in [0.25, 0.3) is 0 Å². The lowest BCUT2D eigenvalue weighted by atomic mass is 10.1. The SMILES string of the molecule is CN=C(NCCCSc1ccc(F)cc1)NCC1CCS(=O)(=O)C1.I. The Labute approximate surface area is 170 Å². The lowest BCUT2D eigenvalue weighted by Gasteiger charge is -2.14. The average molecular weight is 501 g/mol. The average Bonchev–Trinajstić information content (AvgIpc) is 2.91. The van der Waals surface area contributed by atoms with Crippen molar-refractivity contribution in [2.45, 2.75) is 17.7 Å². The monoisotopic (exact) mass is 501 g/mol. The van der Waals surface area contributed by atoms with E-state index >= 15 is 0 Å². The standard InChI is InChI=1S/C16H24FN3O2S2.HI/c1-18-16(20-11-13-7-10-24(21,22)12-13)19-8-2-9-23-15-5-3-14(17)4-6-15;/h3-6,13H,2,7-12H2,1H3,(H2,18,19,20);1H. The van der Waals surface area contributed by atoms with Gasteiger partial charge in [0, 0.05) is 25.0 Å². The number of nitrogens with one attached hydrogen (secondary N) is 2. The molecule has 1 aliphatic rings. The largest absolute Gasteiger partial charge is 0.356 e. The first-order valence-corrected chi connectivity index (χ1v) is 10.8. The molecule has 1 unspecified atom stereocenters. The van der Waals surface area contributed by atoms with E-state index in [0.717, 1.165) is 30.0 Å². The molecule has 1 aromatic rings. The Morgan fingerprint density at radius 1 is 1.32 bits per heavy atom. The summed E-state index contributed by atoms with van der Waals surface area (Å²) in [4.78, 5) is 5.20. The fourth-order valence-electron chi connectivity index (χ4n) is 2.49. The first kappa shape index (κ1) is 22.5. The van der Waals surface area contributed by atoms with Crippen molar-refractivity contribution in [2.75, 3.05) is 37.4 Å². The Morgan fingerprint density at radius 2 is 2.04 bits per heavy atom. The van der Waals surface area contributed by atoms with Crippen LogP contribution < -0.4 is 10.6 Å². The Morgan fingerprint density at radius 3 is 2.64 bits per heavy atom. The van der Waals surface area contributed by atoms with Gasteiger partial charge in [0.05, 0.1) is 11.5 Å². The van der Waals surface area contributed by atoms with Crippen molar-refractivity contribution < 1.29 is 12.8 Å². The zero-order chi connectivity index (χ0) is 17.4. The van der Waals surface area contributed by atoms with Crippen molar-refractivity contribution >= 4 is 51.5 Å². The number of hydrogen-bond acceptors (Lipinski definition) is 4. The van der Waals surface area contributed by atoms with Gasteiger partial charge in [0.1, 0.15) is 5.82 Å². The summed E-state index contributed by atoms with van der Waals surface area (Å²) in [6, 6.07) is 6.50. The number of guanidine groups is 1. The molecule has 0 spiro atoms. The van der Waals surface area contributed by atoms with Crippen LogP contribution in [0, 0.1) is 11.7 Å². The van der Waals surface area contributed by atoms with Crippen LogP contribution in [0.2, 0.25) is 0 Å². The third kappa shape index (κ3) is 8.59. The zero-order valence-electron chi connectivity index (χ0n) is 14.2. The molecule has 0 bridgehead atoms.